The van der Waals surface area contributed by atoms with E-state index in [1.807, 2.05) is 47.6 Å². The first kappa shape index (κ1) is 38.6. The van der Waals surface area contributed by atoms with Crippen molar-refractivity contribution >= 4 is 66.7 Å². The number of nitrogens with two attached hydrogens (primary N) is 1. The molecule has 4 aliphatic rings. The van der Waals surface area contributed by atoms with Gasteiger partial charge in [0.05, 0.1) is 17.0 Å². The molecule has 0 unspecified atom stereocenters. The molecule has 0 bridgehead atoms. The van der Waals surface area contributed by atoms with Gasteiger partial charge in [0.1, 0.15) is 0 Å². The van der Waals surface area contributed by atoms with Crippen LogP contribution in [0.4, 0.5) is 5.69 Å². The molecule has 3 N–H and O–H groups in total. The second kappa shape index (κ2) is 17.1. The molecule has 2 aromatic heterocycles. The van der Waals surface area contributed by atoms with E-state index in [2.05, 4.69) is 73.6 Å². The highest BCUT2D eigenvalue weighted by Crippen LogP contribution is 2.44. The summed E-state index contributed by atoms with van der Waals surface area (Å²) in [5, 5.41) is 5.11. The molecule has 10 heteroatoms. The van der Waals surface area contributed by atoms with E-state index < -0.39 is 0 Å². The maximum atomic E-state index is 13.0. The number of aromatic nitrogens is 2. The Balaban J connectivity index is 0.000000164. The van der Waals surface area contributed by atoms with Gasteiger partial charge in [0.2, 0.25) is 0 Å². The zero-order valence-corrected chi connectivity index (χ0v) is 35.4. The minimum absolute atomic E-state index is 0.0251. The number of likely N-dealkylation sites (tertiary alicyclic amines) is 1. The summed E-state index contributed by atoms with van der Waals surface area (Å²) < 4.78 is 2.09. The molecule has 2 aliphatic heterocycles. The third-order valence-corrected chi connectivity index (χ3v) is 13.4. The van der Waals surface area contributed by atoms with Crippen LogP contribution in [0.5, 0.6) is 0 Å². The normalized spacial score (nSPS) is 19.7. The second-order valence-corrected chi connectivity index (χ2v) is 18.0. The second-order valence-electron chi connectivity index (χ2n) is 15.3. The van der Waals surface area contributed by atoms with Gasteiger partial charge in [0.25, 0.3) is 5.91 Å². The monoisotopic (exact) mass is 899 g/mol. The number of para-hydroxylation sites is 1. The van der Waals surface area contributed by atoms with Crippen molar-refractivity contribution in [2.24, 2.45) is 11.8 Å². The van der Waals surface area contributed by atoms with Crippen LogP contribution < -0.4 is 11.1 Å². The number of anilines is 1. The number of hydrogen-bond acceptors (Lipinski definition) is 5. The van der Waals surface area contributed by atoms with Crippen LogP contribution in [0.15, 0.2) is 94.1 Å². The number of hydrogen-bond donors (Lipinski definition) is 2. The first-order chi connectivity index (χ1) is 26.7. The zero-order valence-electron chi connectivity index (χ0n) is 30.7. The van der Waals surface area contributed by atoms with E-state index in [9.17, 15) is 4.79 Å². The van der Waals surface area contributed by atoms with Crippen molar-refractivity contribution < 1.29 is 4.79 Å². The number of carbonyl (C=O) groups excluding carboxylic acids is 1. The Morgan fingerprint density at radius 1 is 0.673 bits per heavy atom. The number of aryl methyl sites for hydroxylation is 4. The molecule has 2 atom stereocenters. The topological polar surface area (TPSA) is 84.1 Å². The van der Waals surface area contributed by atoms with Crippen molar-refractivity contribution in [3.8, 4) is 0 Å². The van der Waals surface area contributed by atoms with E-state index in [0.29, 0.717) is 29.0 Å². The van der Waals surface area contributed by atoms with Gasteiger partial charge in [-0.25, -0.2) is 0 Å². The summed E-state index contributed by atoms with van der Waals surface area (Å²) in [4.78, 5) is 24.7. The predicted molar refractivity (Wildman–Crippen MR) is 230 cm³/mol. The SMILES string of the molecule is Clc1ccc2c(c1)CCc1cc(Br)cnc1[C@@H]2C1CCNCC1.Nc1ccccc1C(=O)N1CCC([C@@H]2c3ccc(Cl)cc3CCc3cc(Br)cnc32)CC1. The van der Waals surface area contributed by atoms with Gasteiger partial charge in [-0.1, -0.05) is 47.5 Å². The number of carbonyl (C=O) groups is 1. The fraction of sp³-hybridized carbons (Fsp3) is 0.356. The first-order valence-electron chi connectivity index (χ1n) is 19.4. The molecule has 2 saturated heterocycles. The smallest absolute Gasteiger partial charge is 0.255 e. The van der Waals surface area contributed by atoms with E-state index in [-0.39, 0.29) is 11.8 Å². The lowest BCUT2D eigenvalue weighted by Crippen LogP contribution is -2.40. The molecule has 9 rings (SSSR count). The number of amides is 1. The van der Waals surface area contributed by atoms with Gasteiger partial charge in [0.15, 0.2) is 0 Å². The summed E-state index contributed by atoms with van der Waals surface area (Å²) in [5.41, 5.74) is 17.8. The van der Waals surface area contributed by atoms with Gasteiger partial charge in [-0.2, -0.15) is 0 Å². The van der Waals surface area contributed by atoms with Crippen LogP contribution >= 0.6 is 55.1 Å². The number of pyridine rings is 2. The third kappa shape index (κ3) is 8.40. The molecule has 2 aliphatic carbocycles. The molecular formula is C45H45Br2Cl2N5O. The van der Waals surface area contributed by atoms with Gasteiger partial charge in [-0.3, -0.25) is 14.8 Å². The highest BCUT2D eigenvalue weighted by molar-refractivity contribution is 9.10. The van der Waals surface area contributed by atoms with E-state index >= 15 is 0 Å². The Morgan fingerprint density at radius 2 is 1.16 bits per heavy atom. The molecular weight excluding hydrogens is 857 g/mol. The number of nitrogens with zero attached hydrogens (tertiary/aromatic N) is 3. The van der Waals surface area contributed by atoms with E-state index in [0.717, 1.165) is 83.7 Å². The Hall–Kier alpha value is -3.27. The maximum absolute atomic E-state index is 13.0. The lowest BCUT2D eigenvalue weighted by molar-refractivity contribution is 0.0684. The van der Waals surface area contributed by atoms with Crippen LogP contribution in [0.1, 0.15) is 92.6 Å². The van der Waals surface area contributed by atoms with Gasteiger partial charge in [0, 0.05) is 62.0 Å². The average Bonchev–Trinajstić information content (AvgIpc) is 3.45. The van der Waals surface area contributed by atoms with Crippen LogP contribution in [0, 0.1) is 11.8 Å². The standard InChI is InChI=1S/C26H25BrClN3O.C19H20BrClN2/c27-19-13-18-6-5-17-14-20(28)7-8-21(17)24(25(18)30-15-19)16-9-11-31(12-10-16)26(32)22-3-1-2-4-23(22)29;20-15-9-14-2-1-13-10-16(21)3-4-17(13)18(19(14)23-11-15)12-5-7-22-8-6-12/h1-4,7-8,13-16,24H,5-6,9-12,29H2;3-4,9-12,18,22H,1-2,5-8H2/t24-;18-/m11/s1. The Bertz CT molecular complexity index is 2090. The van der Waals surface area contributed by atoms with Crippen LogP contribution in [-0.2, 0) is 25.7 Å². The zero-order chi connectivity index (χ0) is 38.1. The fourth-order valence-electron chi connectivity index (χ4n) is 9.40. The summed E-state index contributed by atoms with van der Waals surface area (Å²) in [6.45, 7) is 3.66. The van der Waals surface area contributed by atoms with E-state index in [1.165, 1.54) is 57.6 Å². The maximum Gasteiger partial charge on any atom is 0.255 e. The lowest BCUT2D eigenvalue weighted by atomic mass is 9.76. The summed E-state index contributed by atoms with van der Waals surface area (Å²) in [6.07, 6.45) is 12.1. The van der Waals surface area contributed by atoms with Crippen molar-refractivity contribution in [3.05, 3.63) is 155 Å². The number of fused-ring (bicyclic) bond motifs is 4. The van der Waals surface area contributed by atoms with Gasteiger partial charge < -0.3 is 16.0 Å². The average molecular weight is 903 g/mol. The molecule has 4 heterocycles. The van der Waals surface area contributed by atoms with E-state index in [4.69, 9.17) is 38.9 Å². The fourth-order valence-corrected chi connectivity index (χ4v) is 10.5. The quantitative estimate of drug-likeness (QED) is 0.176. The summed E-state index contributed by atoms with van der Waals surface area (Å²) in [6, 6.07) is 24.5. The first-order valence-corrected chi connectivity index (χ1v) is 21.8. The van der Waals surface area contributed by atoms with Crippen LogP contribution in [-0.4, -0.2) is 47.0 Å². The number of benzene rings is 3. The molecule has 0 radical (unpaired) electrons. The summed E-state index contributed by atoms with van der Waals surface area (Å²) in [5.74, 6) is 1.71. The molecule has 55 heavy (non-hydrogen) atoms. The molecule has 0 saturated carbocycles. The molecule has 0 spiro atoms. The number of nitrogen functional groups attached to an aromatic ring is 1. The molecule has 1 amide bonds. The molecule has 6 nitrogen and oxygen atoms in total. The molecule has 284 valence electrons. The van der Waals surface area contributed by atoms with Crippen LogP contribution in [0.2, 0.25) is 10.0 Å². The number of piperidine rings is 2. The van der Waals surface area contributed by atoms with Crippen molar-refractivity contribution in [2.75, 3.05) is 31.9 Å². The molecule has 5 aromatic rings. The van der Waals surface area contributed by atoms with Crippen LogP contribution in [0.3, 0.4) is 0 Å². The van der Waals surface area contributed by atoms with Crippen molar-refractivity contribution in [1.29, 1.82) is 0 Å². The minimum Gasteiger partial charge on any atom is -0.398 e. The predicted octanol–water partition coefficient (Wildman–Crippen LogP) is 10.6. The number of nitrogens with one attached hydrogen (secondary N) is 1. The van der Waals surface area contributed by atoms with Crippen molar-refractivity contribution in [2.45, 2.75) is 63.2 Å². The Labute approximate surface area is 350 Å². The Morgan fingerprint density at radius 3 is 1.69 bits per heavy atom. The van der Waals surface area contributed by atoms with Gasteiger partial charge >= 0.3 is 0 Å². The van der Waals surface area contributed by atoms with Gasteiger partial charge in [-0.15, -0.1) is 0 Å². The molecule has 3 aromatic carbocycles. The number of halogens is 4. The Kier molecular flexibility index (Phi) is 12.0. The van der Waals surface area contributed by atoms with Crippen molar-refractivity contribution in [1.82, 2.24) is 20.2 Å². The largest absolute Gasteiger partial charge is 0.398 e. The van der Waals surface area contributed by atoms with Crippen LogP contribution in [0.25, 0.3) is 0 Å². The van der Waals surface area contributed by atoms with Crippen molar-refractivity contribution in [3.63, 3.8) is 0 Å². The minimum atomic E-state index is 0.0251. The highest BCUT2D eigenvalue weighted by atomic mass is 79.9. The summed E-state index contributed by atoms with van der Waals surface area (Å²) in [7, 11) is 0. The number of rotatable bonds is 3. The van der Waals surface area contributed by atoms with Gasteiger partial charge in [-0.05, 0) is 190 Å². The summed E-state index contributed by atoms with van der Waals surface area (Å²) >= 11 is 19.8. The third-order valence-electron chi connectivity index (χ3n) is 12.1. The highest BCUT2D eigenvalue weighted by Gasteiger charge is 2.36. The van der Waals surface area contributed by atoms with E-state index in [1.54, 1.807) is 6.07 Å². The lowest BCUT2D eigenvalue weighted by Gasteiger charge is -2.37. The molecule has 2 fully saturated rings.